The van der Waals surface area contributed by atoms with E-state index in [0.717, 1.165) is 17.9 Å². The number of likely N-dealkylation sites (tertiary alicyclic amines) is 1. The van der Waals surface area contributed by atoms with Gasteiger partial charge in [-0.2, -0.15) is 10.2 Å². The lowest BCUT2D eigenvalue weighted by molar-refractivity contribution is -0.138. The van der Waals surface area contributed by atoms with Gasteiger partial charge in [-0.3, -0.25) is 14.5 Å². The number of piperidine rings is 1. The molecule has 0 radical (unpaired) electrons. The van der Waals surface area contributed by atoms with Gasteiger partial charge in [0.2, 0.25) is 17.8 Å². The van der Waals surface area contributed by atoms with Crippen molar-refractivity contribution in [3.05, 3.63) is 54.4 Å². The lowest BCUT2D eigenvalue weighted by Crippen LogP contribution is -2.58. The molecule has 4 heterocycles. The van der Waals surface area contributed by atoms with Crippen molar-refractivity contribution in [1.82, 2.24) is 24.8 Å². The Balaban J connectivity index is 1.09. The second kappa shape index (κ2) is 12.9. The molecular weight excluding hydrogens is 571 g/mol. The molecule has 1 aromatic heterocycles. The maximum atomic E-state index is 14.7. The number of aliphatic hydroxyl groups excluding tert-OH is 1. The molecule has 14 heteroatoms. The van der Waals surface area contributed by atoms with E-state index in [0.29, 0.717) is 49.7 Å². The summed E-state index contributed by atoms with van der Waals surface area (Å²) < 4.78 is 25.8. The van der Waals surface area contributed by atoms with Crippen LogP contribution >= 0.6 is 0 Å². The van der Waals surface area contributed by atoms with Crippen LogP contribution in [0.1, 0.15) is 12.0 Å². The number of aliphatic hydroxyl groups is 1. The standard InChI is InChI=1S/C30H31FN8O5/c31-24-13-38(28(42)15-40)8-7-26(24)44-25-6-1-19(11-20(25)12-32)29-33-18-34-30(36-29)35-21-2-4-22(5-3-21)39-10-9-37(14-27(39)41)23-16-43-17-23/h1-6,11,18,23-24,26,40H,7-10,13-17H2,(H,33,34,35,36). The SMILES string of the molecule is N#Cc1cc(-c2ncnc(Nc3ccc(N4CCN(C5COC5)CC4=O)cc3)n2)ccc1OC1CCN(C(=O)CO)CC1F. The van der Waals surface area contributed by atoms with Crippen LogP contribution in [0.2, 0.25) is 0 Å². The lowest BCUT2D eigenvalue weighted by atomic mass is 10.0. The number of benzene rings is 2. The number of hydrogen-bond donors (Lipinski definition) is 2. The fourth-order valence-corrected chi connectivity index (χ4v) is 5.42. The van der Waals surface area contributed by atoms with Gasteiger partial charge in [0.25, 0.3) is 0 Å². The average molecular weight is 603 g/mol. The van der Waals surface area contributed by atoms with E-state index in [2.05, 4.69) is 31.2 Å². The molecule has 0 spiro atoms. The molecule has 228 valence electrons. The van der Waals surface area contributed by atoms with Crippen molar-refractivity contribution < 1.29 is 28.6 Å². The second-order valence-electron chi connectivity index (χ2n) is 10.8. The first-order valence-corrected chi connectivity index (χ1v) is 14.3. The predicted molar refractivity (Wildman–Crippen MR) is 156 cm³/mol. The van der Waals surface area contributed by atoms with E-state index < -0.39 is 24.8 Å². The topological polar surface area (TPSA) is 157 Å². The summed E-state index contributed by atoms with van der Waals surface area (Å²) in [6.07, 6.45) is -0.711. The molecule has 44 heavy (non-hydrogen) atoms. The zero-order valence-electron chi connectivity index (χ0n) is 23.8. The molecule has 3 fully saturated rings. The fourth-order valence-electron chi connectivity index (χ4n) is 5.42. The Morgan fingerprint density at radius 1 is 1.16 bits per heavy atom. The summed E-state index contributed by atoms with van der Waals surface area (Å²) in [6, 6.07) is 14.7. The zero-order valence-corrected chi connectivity index (χ0v) is 23.8. The summed E-state index contributed by atoms with van der Waals surface area (Å²) in [7, 11) is 0. The lowest BCUT2D eigenvalue weighted by Gasteiger charge is -2.42. The minimum Gasteiger partial charge on any atom is -0.486 e. The Morgan fingerprint density at radius 2 is 1.98 bits per heavy atom. The number of aromatic nitrogens is 3. The Bertz CT molecular complexity index is 1560. The quantitative estimate of drug-likeness (QED) is 0.385. The third-order valence-electron chi connectivity index (χ3n) is 8.00. The molecular formula is C30H31FN8O5. The van der Waals surface area contributed by atoms with Gasteiger partial charge >= 0.3 is 0 Å². The van der Waals surface area contributed by atoms with Crippen molar-refractivity contribution in [2.24, 2.45) is 0 Å². The molecule has 3 aliphatic heterocycles. The summed E-state index contributed by atoms with van der Waals surface area (Å²) in [4.78, 5) is 42.6. The number of nitrogens with one attached hydrogen (secondary N) is 1. The maximum Gasteiger partial charge on any atom is 0.248 e. The molecule has 2 atom stereocenters. The molecule has 0 bridgehead atoms. The highest BCUT2D eigenvalue weighted by Gasteiger charge is 2.34. The molecule has 2 amide bonds. The largest absolute Gasteiger partial charge is 0.486 e. The molecule has 0 aliphatic carbocycles. The highest BCUT2D eigenvalue weighted by Crippen LogP contribution is 2.29. The number of alkyl halides is 1. The number of amides is 2. The van der Waals surface area contributed by atoms with Crippen molar-refractivity contribution in [2.45, 2.75) is 24.7 Å². The van der Waals surface area contributed by atoms with E-state index >= 15 is 0 Å². The van der Waals surface area contributed by atoms with Crippen LogP contribution < -0.4 is 15.0 Å². The number of anilines is 3. The number of nitrogens with zero attached hydrogens (tertiary/aromatic N) is 7. The smallest absolute Gasteiger partial charge is 0.248 e. The van der Waals surface area contributed by atoms with Crippen LogP contribution in [-0.2, 0) is 14.3 Å². The van der Waals surface area contributed by atoms with E-state index in [1.165, 1.54) is 11.2 Å². The first kappa shape index (κ1) is 29.4. The first-order chi connectivity index (χ1) is 21.4. The van der Waals surface area contributed by atoms with Gasteiger partial charge in [0, 0.05) is 43.0 Å². The number of carbonyl (C=O) groups is 2. The van der Waals surface area contributed by atoms with Gasteiger partial charge in [0.15, 0.2) is 12.0 Å². The number of carbonyl (C=O) groups excluding carboxylic acids is 2. The van der Waals surface area contributed by atoms with Gasteiger partial charge in [0.1, 0.15) is 30.9 Å². The molecule has 2 aromatic carbocycles. The van der Waals surface area contributed by atoms with Gasteiger partial charge in [-0.1, -0.05) is 0 Å². The van der Waals surface area contributed by atoms with Crippen molar-refractivity contribution >= 4 is 29.1 Å². The highest BCUT2D eigenvalue weighted by atomic mass is 19.1. The summed E-state index contributed by atoms with van der Waals surface area (Å²) in [6.45, 7) is 2.57. The number of piperazine rings is 1. The van der Waals surface area contributed by atoms with Crippen LogP contribution in [-0.4, -0.2) is 113 Å². The van der Waals surface area contributed by atoms with E-state index in [-0.39, 0.29) is 36.7 Å². The van der Waals surface area contributed by atoms with Crippen LogP contribution in [0.3, 0.4) is 0 Å². The third-order valence-corrected chi connectivity index (χ3v) is 8.00. The molecule has 3 saturated heterocycles. The molecule has 3 aliphatic rings. The third kappa shape index (κ3) is 6.30. The van der Waals surface area contributed by atoms with Crippen molar-refractivity contribution in [1.29, 1.82) is 5.26 Å². The average Bonchev–Trinajstić information content (AvgIpc) is 3.01. The van der Waals surface area contributed by atoms with Crippen LogP contribution in [0.4, 0.5) is 21.7 Å². The van der Waals surface area contributed by atoms with E-state index in [1.807, 2.05) is 24.3 Å². The van der Waals surface area contributed by atoms with E-state index in [4.69, 9.17) is 14.6 Å². The number of rotatable bonds is 8. The monoisotopic (exact) mass is 602 g/mol. The van der Waals surface area contributed by atoms with Gasteiger partial charge < -0.3 is 29.7 Å². The summed E-state index contributed by atoms with van der Waals surface area (Å²) in [5, 5.41) is 21.9. The van der Waals surface area contributed by atoms with Gasteiger partial charge in [-0.25, -0.2) is 14.4 Å². The maximum absolute atomic E-state index is 14.7. The predicted octanol–water partition coefficient (Wildman–Crippen LogP) is 1.51. The Labute approximate surface area is 252 Å². The fraction of sp³-hybridized carbons (Fsp3) is 0.400. The summed E-state index contributed by atoms with van der Waals surface area (Å²) in [5.41, 5.74) is 2.26. The van der Waals surface area contributed by atoms with Crippen molar-refractivity contribution in [2.75, 3.05) is 62.8 Å². The van der Waals surface area contributed by atoms with Crippen LogP contribution in [0.25, 0.3) is 11.4 Å². The van der Waals surface area contributed by atoms with Gasteiger partial charge in [0.05, 0.1) is 37.9 Å². The van der Waals surface area contributed by atoms with E-state index in [9.17, 15) is 19.2 Å². The Kier molecular flexibility index (Phi) is 8.60. The summed E-state index contributed by atoms with van der Waals surface area (Å²) in [5.74, 6) is 0.358. The minimum atomic E-state index is -1.46. The second-order valence-corrected chi connectivity index (χ2v) is 10.8. The number of halogens is 1. The van der Waals surface area contributed by atoms with Gasteiger partial charge in [-0.05, 0) is 42.5 Å². The first-order valence-electron chi connectivity index (χ1n) is 14.3. The van der Waals surface area contributed by atoms with Crippen LogP contribution in [0.5, 0.6) is 5.75 Å². The molecule has 6 rings (SSSR count). The normalized spacial score (nSPS) is 21.0. The Morgan fingerprint density at radius 3 is 2.66 bits per heavy atom. The Hall–Kier alpha value is -4.71. The molecule has 3 aromatic rings. The number of hydrogen-bond acceptors (Lipinski definition) is 11. The highest BCUT2D eigenvalue weighted by molar-refractivity contribution is 5.95. The zero-order chi connectivity index (χ0) is 30.6. The molecule has 0 saturated carbocycles. The van der Waals surface area contributed by atoms with Gasteiger partial charge in [-0.15, -0.1) is 0 Å². The minimum absolute atomic E-state index is 0.0589. The van der Waals surface area contributed by atoms with Crippen molar-refractivity contribution in [3.8, 4) is 23.2 Å². The summed E-state index contributed by atoms with van der Waals surface area (Å²) >= 11 is 0. The molecule has 2 N–H and O–H groups in total. The van der Waals surface area contributed by atoms with Crippen LogP contribution in [0, 0.1) is 11.3 Å². The van der Waals surface area contributed by atoms with E-state index in [1.54, 1.807) is 23.1 Å². The number of nitriles is 1. The number of ether oxygens (including phenoxy) is 2. The van der Waals surface area contributed by atoms with Crippen LogP contribution in [0.15, 0.2) is 48.8 Å². The molecule has 13 nitrogen and oxygen atoms in total. The molecule has 2 unspecified atom stereocenters. The van der Waals surface area contributed by atoms with Crippen molar-refractivity contribution in [3.63, 3.8) is 0 Å².